The van der Waals surface area contributed by atoms with Crippen LogP contribution in [0.2, 0.25) is 0 Å². The molecule has 2 amide bonds. The SMILES string of the molecule is CCNC(=O)c1ccc(COc2ccc3c(c2)C(c2ccc(F)cc2)N(C(=O)C(C)C)CC3)o1. The first-order valence-electron chi connectivity index (χ1n) is 11.6. The molecule has 1 aliphatic rings. The summed E-state index contributed by atoms with van der Waals surface area (Å²) in [7, 11) is 0. The van der Waals surface area contributed by atoms with Gasteiger partial charge in [0.25, 0.3) is 5.91 Å². The van der Waals surface area contributed by atoms with Crippen molar-refractivity contribution in [2.75, 3.05) is 13.1 Å². The summed E-state index contributed by atoms with van der Waals surface area (Å²) in [6.45, 7) is 6.90. The molecule has 0 saturated heterocycles. The quantitative estimate of drug-likeness (QED) is 0.541. The maximum absolute atomic E-state index is 13.6. The third-order valence-electron chi connectivity index (χ3n) is 5.91. The van der Waals surface area contributed by atoms with Gasteiger partial charge in [-0.25, -0.2) is 4.39 Å². The van der Waals surface area contributed by atoms with E-state index < -0.39 is 0 Å². The maximum atomic E-state index is 13.6. The molecule has 178 valence electrons. The highest BCUT2D eigenvalue weighted by Crippen LogP contribution is 2.38. The van der Waals surface area contributed by atoms with E-state index in [1.807, 2.05) is 43.9 Å². The molecular formula is C27H29FN2O4. The molecule has 6 nitrogen and oxygen atoms in total. The number of hydrogen-bond donors (Lipinski definition) is 1. The molecule has 4 rings (SSSR count). The summed E-state index contributed by atoms with van der Waals surface area (Å²) in [6.07, 6.45) is 0.736. The van der Waals surface area contributed by atoms with Gasteiger partial charge in [-0.15, -0.1) is 0 Å². The third kappa shape index (κ3) is 4.98. The van der Waals surface area contributed by atoms with E-state index in [1.54, 1.807) is 24.3 Å². The fourth-order valence-corrected chi connectivity index (χ4v) is 4.24. The number of carbonyl (C=O) groups excluding carboxylic acids is 2. The van der Waals surface area contributed by atoms with E-state index in [4.69, 9.17) is 9.15 Å². The molecule has 0 saturated carbocycles. The second kappa shape index (κ2) is 10.1. The van der Waals surface area contributed by atoms with Crippen LogP contribution in [0.5, 0.6) is 5.75 Å². The maximum Gasteiger partial charge on any atom is 0.286 e. The first kappa shape index (κ1) is 23.5. The third-order valence-corrected chi connectivity index (χ3v) is 5.91. The summed E-state index contributed by atoms with van der Waals surface area (Å²) >= 11 is 0. The van der Waals surface area contributed by atoms with Gasteiger partial charge in [0.1, 0.15) is 23.9 Å². The van der Waals surface area contributed by atoms with E-state index in [9.17, 15) is 14.0 Å². The molecule has 0 fully saturated rings. The number of amides is 2. The van der Waals surface area contributed by atoms with E-state index in [2.05, 4.69) is 5.32 Å². The van der Waals surface area contributed by atoms with Gasteiger partial charge in [0, 0.05) is 19.0 Å². The molecule has 7 heteroatoms. The minimum Gasteiger partial charge on any atom is -0.486 e. The zero-order chi connectivity index (χ0) is 24.2. The molecule has 2 aromatic carbocycles. The van der Waals surface area contributed by atoms with Crippen molar-refractivity contribution in [2.24, 2.45) is 5.92 Å². The molecule has 2 heterocycles. The summed E-state index contributed by atoms with van der Waals surface area (Å²) < 4.78 is 25.2. The molecule has 0 bridgehead atoms. The van der Waals surface area contributed by atoms with Crippen LogP contribution in [0.25, 0.3) is 0 Å². The Kier molecular flexibility index (Phi) is 7.01. The van der Waals surface area contributed by atoms with Crippen molar-refractivity contribution in [1.82, 2.24) is 10.2 Å². The highest BCUT2D eigenvalue weighted by molar-refractivity contribution is 5.91. The van der Waals surface area contributed by atoms with Crippen LogP contribution < -0.4 is 10.1 Å². The van der Waals surface area contributed by atoms with Crippen molar-refractivity contribution < 1.29 is 23.1 Å². The minimum atomic E-state index is -0.323. The van der Waals surface area contributed by atoms with E-state index >= 15 is 0 Å². The summed E-state index contributed by atoms with van der Waals surface area (Å²) in [5.41, 5.74) is 2.95. The zero-order valence-electron chi connectivity index (χ0n) is 19.6. The van der Waals surface area contributed by atoms with Gasteiger partial charge in [0.2, 0.25) is 5.91 Å². The lowest BCUT2D eigenvalue weighted by Crippen LogP contribution is -2.42. The van der Waals surface area contributed by atoms with Gasteiger partial charge in [0.05, 0.1) is 6.04 Å². The Bertz CT molecular complexity index is 1170. The normalized spacial score (nSPS) is 15.2. The Balaban J connectivity index is 1.60. The first-order valence-corrected chi connectivity index (χ1v) is 11.6. The Morgan fingerprint density at radius 3 is 2.62 bits per heavy atom. The average molecular weight is 465 g/mol. The first-order chi connectivity index (χ1) is 16.4. The Hall–Kier alpha value is -3.61. The molecule has 1 aliphatic heterocycles. The van der Waals surface area contributed by atoms with Crippen molar-refractivity contribution in [3.8, 4) is 5.75 Å². The lowest BCUT2D eigenvalue weighted by molar-refractivity contribution is -0.136. The second-order valence-corrected chi connectivity index (χ2v) is 8.67. The highest BCUT2D eigenvalue weighted by atomic mass is 19.1. The predicted molar refractivity (Wildman–Crippen MR) is 126 cm³/mol. The van der Waals surface area contributed by atoms with E-state index in [0.29, 0.717) is 24.6 Å². The van der Waals surface area contributed by atoms with Crippen LogP contribution >= 0.6 is 0 Å². The molecule has 1 aromatic heterocycles. The number of fused-ring (bicyclic) bond motifs is 1. The van der Waals surface area contributed by atoms with Crippen LogP contribution in [0.15, 0.2) is 59.0 Å². The monoisotopic (exact) mass is 464 g/mol. The molecule has 1 N–H and O–H groups in total. The van der Waals surface area contributed by atoms with Gasteiger partial charge in [-0.1, -0.05) is 32.0 Å². The summed E-state index contributed by atoms with van der Waals surface area (Å²) in [4.78, 5) is 26.8. The van der Waals surface area contributed by atoms with Gasteiger partial charge >= 0.3 is 0 Å². The van der Waals surface area contributed by atoms with Crippen molar-refractivity contribution >= 4 is 11.8 Å². The lowest BCUT2D eigenvalue weighted by atomic mass is 9.87. The van der Waals surface area contributed by atoms with Gasteiger partial charge in [-0.05, 0) is 66.4 Å². The van der Waals surface area contributed by atoms with Crippen LogP contribution in [0, 0.1) is 11.7 Å². The molecule has 1 atom stereocenters. The summed E-state index contributed by atoms with van der Waals surface area (Å²) in [5, 5.41) is 2.70. The Morgan fingerprint density at radius 1 is 1.15 bits per heavy atom. The smallest absolute Gasteiger partial charge is 0.286 e. The number of hydrogen-bond acceptors (Lipinski definition) is 4. The number of rotatable bonds is 7. The van der Waals surface area contributed by atoms with E-state index in [1.165, 1.54) is 12.1 Å². The van der Waals surface area contributed by atoms with Crippen molar-refractivity contribution in [1.29, 1.82) is 0 Å². The van der Waals surface area contributed by atoms with Crippen LogP contribution in [0.1, 0.15) is 59.8 Å². The van der Waals surface area contributed by atoms with Gasteiger partial charge in [-0.2, -0.15) is 0 Å². The number of halogens is 1. The lowest BCUT2D eigenvalue weighted by Gasteiger charge is -2.39. The largest absolute Gasteiger partial charge is 0.486 e. The van der Waals surface area contributed by atoms with Crippen LogP contribution in [-0.2, 0) is 17.8 Å². The van der Waals surface area contributed by atoms with Crippen LogP contribution in [-0.4, -0.2) is 29.8 Å². The van der Waals surface area contributed by atoms with E-state index in [-0.39, 0.29) is 42.0 Å². The zero-order valence-corrected chi connectivity index (χ0v) is 19.6. The number of furan rings is 1. The fourth-order valence-electron chi connectivity index (χ4n) is 4.24. The molecule has 1 unspecified atom stereocenters. The van der Waals surface area contributed by atoms with Gasteiger partial charge < -0.3 is 19.4 Å². The molecule has 0 spiro atoms. The number of carbonyl (C=O) groups is 2. The summed E-state index contributed by atoms with van der Waals surface area (Å²) in [5.74, 6) is 0.724. The van der Waals surface area contributed by atoms with Crippen LogP contribution in [0.4, 0.5) is 4.39 Å². The second-order valence-electron chi connectivity index (χ2n) is 8.67. The van der Waals surface area contributed by atoms with E-state index in [0.717, 1.165) is 23.1 Å². The molecule has 0 aliphatic carbocycles. The topological polar surface area (TPSA) is 71.8 Å². The van der Waals surface area contributed by atoms with Crippen molar-refractivity contribution in [3.05, 3.63) is 88.6 Å². The van der Waals surface area contributed by atoms with Crippen molar-refractivity contribution in [3.63, 3.8) is 0 Å². The fraction of sp³-hybridized carbons (Fsp3) is 0.333. The van der Waals surface area contributed by atoms with Gasteiger partial charge in [-0.3, -0.25) is 9.59 Å². The standard InChI is InChI=1S/C27H29FN2O4/c1-4-29-26(31)24-12-11-22(34-24)16-33-21-10-7-18-13-14-30(27(32)17(2)3)25(23(18)15-21)19-5-8-20(28)9-6-19/h5-12,15,17,25H,4,13-14,16H2,1-3H3,(H,29,31). The Labute approximate surface area is 198 Å². The number of ether oxygens (including phenoxy) is 1. The highest BCUT2D eigenvalue weighted by Gasteiger charge is 2.33. The minimum absolute atomic E-state index is 0.0553. The Morgan fingerprint density at radius 2 is 1.91 bits per heavy atom. The molecule has 3 aromatic rings. The average Bonchev–Trinajstić information content (AvgIpc) is 3.31. The summed E-state index contributed by atoms with van der Waals surface area (Å²) in [6, 6.07) is 15.2. The molecule has 34 heavy (non-hydrogen) atoms. The number of nitrogens with zero attached hydrogens (tertiary/aromatic N) is 1. The molecular weight excluding hydrogens is 435 g/mol. The van der Waals surface area contributed by atoms with Gasteiger partial charge in [0.15, 0.2) is 5.76 Å². The van der Waals surface area contributed by atoms with Crippen LogP contribution in [0.3, 0.4) is 0 Å². The number of benzene rings is 2. The molecule has 0 radical (unpaired) electrons. The predicted octanol–water partition coefficient (Wildman–Crippen LogP) is 4.88. The van der Waals surface area contributed by atoms with Crippen molar-refractivity contribution in [2.45, 2.75) is 39.8 Å². The number of nitrogens with one attached hydrogen (secondary N) is 1.